The second kappa shape index (κ2) is 3.65. The first-order valence-corrected chi connectivity index (χ1v) is 4.47. The standard InChI is InChI=1S/C10H8N2O4/c1-16-10(15)11-6-4-2-3-5-7(6)9(14)12-8(5)13/h2-4H,1H3,(H,11,15)(H,12,13,14). The van der Waals surface area contributed by atoms with Crippen LogP contribution in [0.3, 0.4) is 0 Å². The van der Waals surface area contributed by atoms with Gasteiger partial charge in [0.05, 0.1) is 23.9 Å². The fraction of sp³-hybridized carbons (Fsp3) is 0.100. The Morgan fingerprint density at radius 1 is 1.31 bits per heavy atom. The zero-order chi connectivity index (χ0) is 11.7. The molecule has 0 fully saturated rings. The van der Waals surface area contributed by atoms with Crippen molar-refractivity contribution in [3.8, 4) is 0 Å². The van der Waals surface area contributed by atoms with Crippen molar-refractivity contribution in [2.45, 2.75) is 0 Å². The van der Waals surface area contributed by atoms with E-state index in [0.717, 1.165) is 0 Å². The number of anilines is 1. The average molecular weight is 220 g/mol. The number of ether oxygens (including phenoxy) is 1. The summed E-state index contributed by atoms with van der Waals surface area (Å²) in [4.78, 5) is 33.8. The summed E-state index contributed by atoms with van der Waals surface area (Å²) in [6.07, 6.45) is -0.694. The van der Waals surface area contributed by atoms with Gasteiger partial charge in [-0.15, -0.1) is 0 Å². The fourth-order valence-electron chi connectivity index (χ4n) is 1.48. The minimum atomic E-state index is -0.694. The molecule has 1 aromatic rings. The van der Waals surface area contributed by atoms with Gasteiger partial charge in [-0.2, -0.15) is 0 Å². The Bertz CT molecular complexity index is 496. The van der Waals surface area contributed by atoms with Gasteiger partial charge < -0.3 is 4.74 Å². The molecule has 1 aliphatic rings. The molecular weight excluding hydrogens is 212 g/mol. The number of methoxy groups -OCH3 is 1. The first-order valence-electron chi connectivity index (χ1n) is 4.47. The number of benzene rings is 1. The van der Waals surface area contributed by atoms with E-state index in [1.165, 1.54) is 19.2 Å². The van der Waals surface area contributed by atoms with Gasteiger partial charge in [-0.05, 0) is 12.1 Å². The number of nitrogens with one attached hydrogen (secondary N) is 2. The molecule has 0 saturated carbocycles. The third-order valence-corrected chi connectivity index (χ3v) is 2.19. The van der Waals surface area contributed by atoms with E-state index in [0.29, 0.717) is 0 Å². The third kappa shape index (κ3) is 1.50. The van der Waals surface area contributed by atoms with Crippen LogP contribution in [0.25, 0.3) is 0 Å². The fourth-order valence-corrected chi connectivity index (χ4v) is 1.48. The van der Waals surface area contributed by atoms with Crippen LogP contribution < -0.4 is 10.6 Å². The average Bonchev–Trinajstić information content (AvgIpc) is 2.56. The molecule has 0 unspecified atom stereocenters. The van der Waals surface area contributed by atoms with E-state index in [4.69, 9.17) is 0 Å². The van der Waals surface area contributed by atoms with Crippen LogP contribution in [0.2, 0.25) is 0 Å². The van der Waals surface area contributed by atoms with E-state index in [1.54, 1.807) is 6.07 Å². The van der Waals surface area contributed by atoms with E-state index in [1.807, 2.05) is 0 Å². The summed E-state index contributed by atoms with van der Waals surface area (Å²) in [6.45, 7) is 0. The minimum absolute atomic E-state index is 0.165. The van der Waals surface area contributed by atoms with Crippen LogP contribution in [-0.2, 0) is 4.74 Å². The molecule has 2 rings (SSSR count). The molecule has 0 atom stereocenters. The third-order valence-electron chi connectivity index (χ3n) is 2.19. The SMILES string of the molecule is COC(=O)Nc1cccc2c1C(=O)NC2=O. The normalized spacial score (nSPS) is 13.1. The Labute approximate surface area is 90.6 Å². The summed E-state index contributed by atoms with van der Waals surface area (Å²) >= 11 is 0. The quantitative estimate of drug-likeness (QED) is 0.684. The lowest BCUT2D eigenvalue weighted by atomic mass is 10.1. The molecule has 0 radical (unpaired) electrons. The molecule has 0 saturated heterocycles. The first kappa shape index (κ1) is 10.2. The van der Waals surface area contributed by atoms with E-state index >= 15 is 0 Å². The summed E-state index contributed by atoms with van der Waals surface area (Å²) < 4.78 is 4.41. The van der Waals surface area contributed by atoms with Crippen molar-refractivity contribution in [2.75, 3.05) is 12.4 Å². The molecule has 1 aromatic carbocycles. The van der Waals surface area contributed by atoms with Crippen molar-refractivity contribution >= 4 is 23.6 Å². The number of rotatable bonds is 1. The molecule has 0 spiro atoms. The van der Waals surface area contributed by atoms with Gasteiger partial charge in [0.1, 0.15) is 0 Å². The van der Waals surface area contributed by atoms with Crippen molar-refractivity contribution in [3.05, 3.63) is 29.3 Å². The van der Waals surface area contributed by atoms with E-state index in [9.17, 15) is 14.4 Å². The summed E-state index contributed by atoms with van der Waals surface area (Å²) in [5.41, 5.74) is 0.671. The molecule has 3 amide bonds. The maximum atomic E-state index is 11.4. The van der Waals surface area contributed by atoms with Gasteiger partial charge >= 0.3 is 6.09 Å². The lowest BCUT2D eigenvalue weighted by Crippen LogP contribution is -2.20. The molecule has 0 aliphatic carbocycles. The largest absolute Gasteiger partial charge is 0.453 e. The summed E-state index contributed by atoms with van der Waals surface area (Å²) in [6, 6.07) is 4.61. The topological polar surface area (TPSA) is 84.5 Å². The monoisotopic (exact) mass is 220 g/mol. The number of carbonyl (C=O) groups is 3. The van der Waals surface area contributed by atoms with Crippen LogP contribution in [-0.4, -0.2) is 25.0 Å². The van der Waals surface area contributed by atoms with E-state index in [2.05, 4.69) is 15.4 Å². The second-order valence-electron chi connectivity index (χ2n) is 3.13. The van der Waals surface area contributed by atoms with Crippen molar-refractivity contribution < 1.29 is 19.1 Å². The molecule has 82 valence electrons. The summed E-state index contributed by atoms with van der Waals surface area (Å²) in [7, 11) is 1.21. The maximum Gasteiger partial charge on any atom is 0.411 e. The van der Waals surface area contributed by atoms with Gasteiger partial charge in [-0.3, -0.25) is 20.2 Å². The number of imide groups is 1. The minimum Gasteiger partial charge on any atom is -0.453 e. The first-order chi connectivity index (χ1) is 7.63. The predicted octanol–water partition coefficient (Wildman–Crippen LogP) is 0.748. The summed E-state index contributed by atoms with van der Waals surface area (Å²) in [5.74, 6) is -0.986. The van der Waals surface area contributed by atoms with Gasteiger partial charge in [-0.25, -0.2) is 4.79 Å². The van der Waals surface area contributed by atoms with Crippen LogP contribution in [0.4, 0.5) is 10.5 Å². The number of fused-ring (bicyclic) bond motifs is 1. The Balaban J connectivity index is 2.45. The van der Waals surface area contributed by atoms with Crippen LogP contribution in [0.5, 0.6) is 0 Å². The number of carbonyl (C=O) groups excluding carboxylic acids is 3. The highest BCUT2D eigenvalue weighted by atomic mass is 16.5. The number of amides is 3. The molecule has 6 heteroatoms. The molecule has 2 N–H and O–H groups in total. The van der Waals surface area contributed by atoms with Gasteiger partial charge in [0.25, 0.3) is 11.8 Å². The van der Waals surface area contributed by atoms with E-state index in [-0.39, 0.29) is 16.8 Å². The Hall–Kier alpha value is -2.37. The van der Waals surface area contributed by atoms with Crippen LogP contribution in [0, 0.1) is 0 Å². The van der Waals surface area contributed by atoms with Crippen molar-refractivity contribution in [1.82, 2.24) is 5.32 Å². The zero-order valence-electron chi connectivity index (χ0n) is 8.37. The molecule has 1 aliphatic heterocycles. The lowest BCUT2D eigenvalue weighted by molar-refractivity contribution is 0.0880. The molecule has 0 aromatic heterocycles. The molecule has 0 bridgehead atoms. The molecule has 6 nitrogen and oxygen atoms in total. The highest BCUT2D eigenvalue weighted by molar-refractivity contribution is 6.24. The smallest absolute Gasteiger partial charge is 0.411 e. The van der Waals surface area contributed by atoms with Crippen LogP contribution in [0.15, 0.2) is 18.2 Å². The van der Waals surface area contributed by atoms with E-state index < -0.39 is 17.9 Å². The highest BCUT2D eigenvalue weighted by Crippen LogP contribution is 2.24. The van der Waals surface area contributed by atoms with Gasteiger partial charge in [-0.1, -0.05) is 6.07 Å². The Kier molecular flexibility index (Phi) is 2.32. The molecular formula is C10H8N2O4. The van der Waals surface area contributed by atoms with Crippen LogP contribution in [0.1, 0.15) is 20.7 Å². The summed E-state index contributed by atoms with van der Waals surface area (Å²) in [5, 5.41) is 4.51. The van der Waals surface area contributed by atoms with Crippen LogP contribution >= 0.6 is 0 Å². The van der Waals surface area contributed by atoms with Crippen molar-refractivity contribution in [3.63, 3.8) is 0 Å². The number of hydrogen-bond acceptors (Lipinski definition) is 4. The van der Waals surface area contributed by atoms with Gasteiger partial charge in [0.15, 0.2) is 0 Å². The predicted molar refractivity (Wildman–Crippen MR) is 54.3 cm³/mol. The number of hydrogen-bond donors (Lipinski definition) is 2. The zero-order valence-corrected chi connectivity index (χ0v) is 8.37. The van der Waals surface area contributed by atoms with Crippen molar-refractivity contribution in [2.24, 2.45) is 0 Å². The Morgan fingerprint density at radius 2 is 2.06 bits per heavy atom. The lowest BCUT2D eigenvalue weighted by Gasteiger charge is -2.06. The molecule has 16 heavy (non-hydrogen) atoms. The molecule has 1 heterocycles. The maximum absolute atomic E-state index is 11.4. The van der Waals surface area contributed by atoms with Crippen molar-refractivity contribution in [1.29, 1.82) is 0 Å². The van der Waals surface area contributed by atoms with Gasteiger partial charge in [0.2, 0.25) is 0 Å². The Morgan fingerprint density at radius 3 is 2.75 bits per heavy atom. The van der Waals surface area contributed by atoms with Gasteiger partial charge in [0, 0.05) is 0 Å². The second-order valence-corrected chi connectivity index (χ2v) is 3.13. The highest BCUT2D eigenvalue weighted by Gasteiger charge is 2.29.